The molecule has 0 radical (unpaired) electrons. The molecular formula is C12H12BrN3. The van der Waals surface area contributed by atoms with Gasteiger partial charge in [0.2, 0.25) is 0 Å². The van der Waals surface area contributed by atoms with E-state index in [1.807, 2.05) is 12.1 Å². The van der Waals surface area contributed by atoms with Gasteiger partial charge < -0.3 is 11.1 Å². The summed E-state index contributed by atoms with van der Waals surface area (Å²) in [5, 5.41) is 3.26. The molecule has 0 bridgehead atoms. The summed E-state index contributed by atoms with van der Waals surface area (Å²) in [6.07, 6.45) is 1.71. The molecule has 3 N–H and O–H groups in total. The normalized spacial score (nSPS) is 10.1. The third kappa shape index (κ3) is 2.73. The highest BCUT2D eigenvalue weighted by Crippen LogP contribution is 2.22. The Balaban J connectivity index is 2.23. The minimum Gasteiger partial charge on any atom is -0.384 e. The van der Waals surface area contributed by atoms with Gasteiger partial charge in [-0.3, -0.25) is 0 Å². The second kappa shape index (κ2) is 4.53. The molecule has 0 aliphatic heterocycles. The molecule has 1 heterocycles. The zero-order chi connectivity index (χ0) is 11.5. The third-order valence-corrected chi connectivity index (χ3v) is 2.57. The van der Waals surface area contributed by atoms with Crippen molar-refractivity contribution in [1.82, 2.24) is 4.98 Å². The molecule has 0 saturated carbocycles. The van der Waals surface area contributed by atoms with E-state index in [-0.39, 0.29) is 0 Å². The number of pyridine rings is 1. The first-order valence-electron chi connectivity index (χ1n) is 4.89. The van der Waals surface area contributed by atoms with Crippen LogP contribution in [0.4, 0.5) is 17.2 Å². The molecule has 0 amide bonds. The first-order chi connectivity index (χ1) is 7.63. The Morgan fingerprint density at radius 3 is 2.62 bits per heavy atom. The van der Waals surface area contributed by atoms with Crippen LogP contribution in [0.3, 0.4) is 0 Å². The Labute approximate surface area is 103 Å². The monoisotopic (exact) mass is 277 g/mol. The quantitative estimate of drug-likeness (QED) is 0.884. The van der Waals surface area contributed by atoms with Crippen molar-refractivity contribution in [3.8, 4) is 0 Å². The fourth-order valence-electron chi connectivity index (χ4n) is 1.45. The average molecular weight is 278 g/mol. The molecule has 2 aromatic rings. The first-order valence-corrected chi connectivity index (χ1v) is 5.68. The zero-order valence-corrected chi connectivity index (χ0v) is 10.5. The van der Waals surface area contributed by atoms with Gasteiger partial charge in [0.1, 0.15) is 5.82 Å². The molecule has 0 unspecified atom stereocenters. The fraction of sp³-hybridized carbons (Fsp3) is 0.0833. The summed E-state index contributed by atoms with van der Waals surface area (Å²) in [6.45, 7) is 2.05. The number of anilines is 3. The summed E-state index contributed by atoms with van der Waals surface area (Å²) in [5.41, 5.74) is 8.67. The maximum Gasteiger partial charge on any atom is 0.123 e. The molecule has 0 aliphatic carbocycles. The van der Waals surface area contributed by atoms with Crippen LogP contribution >= 0.6 is 15.9 Å². The minimum absolute atomic E-state index is 0.524. The fourth-order valence-corrected chi connectivity index (χ4v) is 2.06. The van der Waals surface area contributed by atoms with Gasteiger partial charge in [0.05, 0.1) is 11.9 Å². The number of hydrogen-bond acceptors (Lipinski definition) is 3. The van der Waals surface area contributed by atoms with E-state index < -0.39 is 0 Å². The van der Waals surface area contributed by atoms with E-state index in [0.29, 0.717) is 5.82 Å². The molecule has 0 spiro atoms. The lowest BCUT2D eigenvalue weighted by atomic mass is 10.2. The van der Waals surface area contributed by atoms with Crippen LogP contribution in [0, 0.1) is 6.92 Å². The number of aromatic nitrogens is 1. The van der Waals surface area contributed by atoms with Crippen LogP contribution in [0.25, 0.3) is 0 Å². The van der Waals surface area contributed by atoms with Crippen LogP contribution < -0.4 is 11.1 Å². The Bertz CT molecular complexity index is 474. The standard InChI is InChI=1S/C12H12BrN3/c1-8-4-9(13)6-11(5-8)16-10-2-3-12(14)15-7-10/h2-7,16H,1H3,(H2,14,15). The van der Waals surface area contributed by atoms with E-state index in [1.165, 1.54) is 5.56 Å². The van der Waals surface area contributed by atoms with E-state index in [9.17, 15) is 0 Å². The Kier molecular flexibility index (Phi) is 3.10. The van der Waals surface area contributed by atoms with Gasteiger partial charge in [-0.05, 0) is 42.8 Å². The number of aryl methyl sites for hydroxylation is 1. The lowest BCUT2D eigenvalue weighted by Gasteiger charge is -2.07. The molecule has 0 atom stereocenters. The van der Waals surface area contributed by atoms with Gasteiger partial charge in [-0.15, -0.1) is 0 Å². The maximum atomic E-state index is 5.52. The molecule has 1 aromatic carbocycles. The van der Waals surface area contributed by atoms with Crippen molar-refractivity contribution < 1.29 is 0 Å². The van der Waals surface area contributed by atoms with E-state index in [2.05, 4.69) is 45.3 Å². The topological polar surface area (TPSA) is 50.9 Å². The van der Waals surface area contributed by atoms with Crippen LogP contribution in [0.5, 0.6) is 0 Å². The molecule has 2 rings (SSSR count). The molecule has 1 aromatic heterocycles. The summed E-state index contributed by atoms with van der Waals surface area (Å²) in [5.74, 6) is 0.524. The number of nitrogens with zero attached hydrogens (tertiary/aromatic N) is 1. The predicted molar refractivity (Wildman–Crippen MR) is 70.8 cm³/mol. The van der Waals surface area contributed by atoms with E-state index in [1.54, 1.807) is 12.3 Å². The Morgan fingerprint density at radius 1 is 1.19 bits per heavy atom. The number of halogens is 1. The predicted octanol–water partition coefficient (Wildman–Crippen LogP) is 3.48. The van der Waals surface area contributed by atoms with Crippen molar-refractivity contribution in [2.24, 2.45) is 0 Å². The molecule has 16 heavy (non-hydrogen) atoms. The number of benzene rings is 1. The van der Waals surface area contributed by atoms with Crippen LogP contribution in [0.2, 0.25) is 0 Å². The lowest BCUT2D eigenvalue weighted by Crippen LogP contribution is -1.94. The molecule has 4 heteroatoms. The summed E-state index contributed by atoms with van der Waals surface area (Å²) >= 11 is 3.46. The van der Waals surface area contributed by atoms with Gasteiger partial charge in [0, 0.05) is 10.2 Å². The number of nitrogens with one attached hydrogen (secondary N) is 1. The lowest BCUT2D eigenvalue weighted by molar-refractivity contribution is 1.32. The second-order valence-electron chi connectivity index (χ2n) is 3.61. The van der Waals surface area contributed by atoms with Crippen molar-refractivity contribution in [1.29, 1.82) is 0 Å². The Morgan fingerprint density at radius 2 is 2.00 bits per heavy atom. The molecule has 0 fully saturated rings. The highest BCUT2D eigenvalue weighted by Gasteiger charge is 1.98. The van der Waals surface area contributed by atoms with Gasteiger partial charge in [0.15, 0.2) is 0 Å². The van der Waals surface area contributed by atoms with Gasteiger partial charge >= 0.3 is 0 Å². The molecule has 0 saturated heterocycles. The van der Waals surface area contributed by atoms with E-state index in [0.717, 1.165) is 15.8 Å². The highest BCUT2D eigenvalue weighted by atomic mass is 79.9. The maximum absolute atomic E-state index is 5.52. The molecule has 3 nitrogen and oxygen atoms in total. The summed E-state index contributed by atoms with van der Waals surface area (Å²) < 4.78 is 1.05. The number of nitrogens with two attached hydrogens (primary N) is 1. The van der Waals surface area contributed by atoms with E-state index >= 15 is 0 Å². The minimum atomic E-state index is 0.524. The van der Waals surface area contributed by atoms with Gasteiger partial charge in [0.25, 0.3) is 0 Å². The van der Waals surface area contributed by atoms with Crippen molar-refractivity contribution in [2.75, 3.05) is 11.1 Å². The highest BCUT2D eigenvalue weighted by molar-refractivity contribution is 9.10. The summed E-state index contributed by atoms with van der Waals surface area (Å²) in [7, 11) is 0. The number of hydrogen-bond donors (Lipinski definition) is 2. The van der Waals surface area contributed by atoms with Crippen LogP contribution in [-0.2, 0) is 0 Å². The van der Waals surface area contributed by atoms with Crippen molar-refractivity contribution in [3.05, 3.63) is 46.6 Å². The van der Waals surface area contributed by atoms with Crippen LogP contribution in [0.15, 0.2) is 41.0 Å². The smallest absolute Gasteiger partial charge is 0.123 e. The second-order valence-corrected chi connectivity index (χ2v) is 4.53. The first kappa shape index (κ1) is 11.0. The van der Waals surface area contributed by atoms with Crippen molar-refractivity contribution in [2.45, 2.75) is 6.92 Å². The van der Waals surface area contributed by atoms with Crippen LogP contribution in [0.1, 0.15) is 5.56 Å². The number of rotatable bonds is 2. The summed E-state index contributed by atoms with van der Waals surface area (Å²) in [6, 6.07) is 9.82. The molecular weight excluding hydrogens is 266 g/mol. The van der Waals surface area contributed by atoms with Crippen molar-refractivity contribution in [3.63, 3.8) is 0 Å². The summed E-state index contributed by atoms with van der Waals surface area (Å²) in [4.78, 5) is 4.02. The van der Waals surface area contributed by atoms with Gasteiger partial charge in [-0.1, -0.05) is 15.9 Å². The zero-order valence-electron chi connectivity index (χ0n) is 8.87. The van der Waals surface area contributed by atoms with Gasteiger partial charge in [-0.25, -0.2) is 4.98 Å². The van der Waals surface area contributed by atoms with Crippen LogP contribution in [-0.4, -0.2) is 4.98 Å². The SMILES string of the molecule is Cc1cc(Br)cc(Nc2ccc(N)nc2)c1. The average Bonchev–Trinajstić information content (AvgIpc) is 2.20. The largest absolute Gasteiger partial charge is 0.384 e. The number of nitrogen functional groups attached to an aromatic ring is 1. The third-order valence-electron chi connectivity index (χ3n) is 2.12. The molecule has 0 aliphatic rings. The molecule has 82 valence electrons. The Hall–Kier alpha value is -1.55. The van der Waals surface area contributed by atoms with Crippen molar-refractivity contribution >= 4 is 33.1 Å². The van der Waals surface area contributed by atoms with Gasteiger partial charge in [-0.2, -0.15) is 0 Å². The van der Waals surface area contributed by atoms with E-state index in [4.69, 9.17) is 5.73 Å².